The van der Waals surface area contributed by atoms with Crippen LogP contribution in [0.4, 0.5) is 5.69 Å². The van der Waals surface area contributed by atoms with Crippen molar-refractivity contribution >= 4 is 17.5 Å². The molecule has 134 valence electrons. The maximum Gasteiger partial charge on any atom is 0.266 e. The van der Waals surface area contributed by atoms with Gasteiger partial charge in [0.05, 0.1) is 12.1 Å². The highest BCUT2D eigenvalue weighted by Crippen LogP contribution is 2.32. The van der Waals surface area contributed by atoms with Crippen LogP contribution in [0.15, 0.2) is 42.5 Å². The fourth-order valence-corrected chi connectivity index (χ4v) is 2.91. The second kappa shape index (κ2) is 6.95. The second-order valence-corrected chi connectivity index (χ2v) is 6.08. The summed E-state index contributed by atoms with van der Waals surface area (Å²) in [5.41, 5.74) is 1.66. The van der Waals surface area contributed by atoms with Gasteiger partial charge in [0.15, 0.2) is 17.6 Å². The number of fused-ring (bicyclic) bond motifs is 2. The standard InChI is InChI=1S/C19H18N2O5/c22-18(10-17-19(23)21-13-3-1-2-4-14(13)26-17)20-8-7-12-5-6-15-16(9-12)25-11-24-15/h1-6,9,17H,7-8,10-11H2,(H,20,22)(H,21,23). The van der Waals surface area contributed by atoms with Crippen LogP contribution < -0.4 is 24.8 Å². The average molecular weight is 354 g/mol. The van der Waals surface area contributed by atoms with Gasteiger partial charge in [-0.2, -0.15) is 0 Å². The Labute approximate surface area is 150 Å². The molecule has 2 aromatic carbocycles. The fraction of sp³-hybridized carbons (Fsp3) is 0.263. The van der Waals surface area contributed by atoms with Gasteiger partial charge >= 0.3 is 0 Å². The lowest BCUT2D eigenvalue weighted by atomic mass is 10.1. The minimum atomic E-state index is -0.824. The predicted molar refractivity (Wildman–Crippen MR) is 93.4 cm³/mol. The van der Waals surface area contributed by atoms with Crippen LogP contribution in [0.3, 0.4) is 0 Å². The number of rotatable bonds is 5. The first kappa shape index (κ1) is 16.3. The van der Waals surface area contributed by atoms with Crippen molar-refractivity contribution in [1.82, 2.24) is 5.32 Å². The lowest BCUT2D eigenvalue weighted by Gasteiger charge is -2.25. The molecule has 0 bridgehead atoms. The molecular formula is C19H18N2O5. The van der Waals surface area contributed by atoms with E-state index in [-0.39, 0.29) is 25.0 Å². The van der Waals surface area contributed by atoms with Crippen molar-refractivity contribution < 1.29 is 23.8 Å². The monoisotopic (exact) mass is 354 g/mol. The number of carbonyl (C=O) groups is 2. The Kier molecular flexibility index (Phi) is 4.35. The molecule has 0 saturated carbocycles. The Morgan fingerprint density at radius 2 is 1.96 bits per heavy atom. The maximum absolute atomic E-state index is 12.1. The van der Waals surface area contributed by atoms with Crippen molar-refractivity contribution in [2.45, 2.75) is 18.9 Å². The van der Waals surface area contributed by atoms with E-state index in [2.05, 4.69) is 10.6 Å². The molecule has 1 unspecified atom stereocenters. The minimum absolute atomic E-state index is 0.0265. The summed E-state index contributed by atoms with van der Waals surface area (Å²) in [6.45, 7) is 0.700. The SMILES string of the molecule is O=C(CC1Oc2ccccc2NC1=O)NCCc1ccc2c(c1)OCO2. The Morgan fingerprint density at radius 1 is 1.12 bits per heavy atom. The summed E-state index contributed by atoms with van der Waals surface area (Å²) in [5, 5.41) is 5.57. The van der Waals surface area contributed by atoms with Gasteiger partial charge in [0.1, 0.15) is 5.75 Å². The molecule has 0 aliphatic carbocycles. The van der Waals surface area contributed by atoms with E-state index in [9.17, 15) is 9.59 Å². The molecule has 2 aliphatic rings. The third kappa shape index (κ3) is 3.42. The number of carbonyl (C=O) groups excluding carboxylic acids is 2. The van der Waals surface area contributed by atoms with Crippen LogP contribution in [-0.2, 0) is 16.0 Å². The quantitative estimate of drug-likeness (QED) is 0.856. The number of ether oxygens (including phenoxy) is 3. The van der Waals surface area contributed by atoms with Crippen LogP contribution in [0, 0.1) is 0 Å². The maximum atomic E-state index is 12.1. The number of para-hydroxylation sites is 2. The van der Waals surface area contributed by atoms with E-state index in [4.69, 9.17) is 14.2 Å². The van der Waals surface area contributed by atoms with Crippen molar-refractivity contribution in [3.63, 3.8) is 0 Å². The smallest absolute Gasteiger partial charge is 0.266 e. The molecule has 0 aromatic heterocycles. The van der Waals surface area contributed by atoms with Gasteiger partial charge < -0.3 is 24.8 Å². The largest absolute Gasteiger partial charge is 0.478 e. The van der Waals surface area contributed by atoms with Crippen molar-refractivity contribution in [1.29, 1.82) is 0 Å². The molecule has 0 radical (unpaired) electrons. The molecule has 4 rings (SSSR count). The molecule has 2 heterocycles. The zero-order chi connectivity index (χ0) is 17.9. The third-order valence-corrected chi connectivity index (χ3v) is 4.25. The second-order valence-electron chi connectivity index (χ2n) is 6.08. The summed E-state index contributed by atoms with van der Waals surface area (Å²) >= 11 is 0. The van der Waals surface area contributed by atoms with Gasteiger partial charge in [-0.05, 0) is 36.2 Å². The number of nitrogens with one attached hydrogen (secondary N) is 2. The number of hydrogen-bond acceptors (Lipinski definition) is 5. The number of anilines is 1. The van der Waals surface area contributed by atoms with Gasteiger partial charge in [0, 0.05) is 6.54 Å². The molecule has 0 spiro atoms. The van der Waals surface area contributed by atoms with Crippen LogP contribution in [-0.4, -0.2) is 31.3 Å². The van der Waals surface area contributed by atoms with Crippen molar-refractivity contribution in [2.75, 3.05) is 18.7 Å². The molecule has 1 atom stereocenters. The van der Waals surface area contributed by atoms with Crippen LogP contribution in [0.1, 0.15) is 12.0 Å². The topological polar surface area (TPSA) is 85.9 Å². The van der Waals surface area contributed by atoms with Gasteiger partial charge in [0.2, 0.25) is 12.7 Å². The van der Waals surface area contributed by atoms with E-state index in [0.717, 1.165) is 17.1 Å². The Hall–Kier alpha value is -3.22. The van der Waals surface area contributed by atoms with Crippen molar-refractivity contribution in [2.24, 2.45) is 0 Å². The Morgan fingerprint density at radius 3 is 2.88 bits per heavy atom. The van der Waals surface area contributed by atoms with E-state index in [1.807, 2.05) is 30.3 Å². The highest BCUT2D eigenvalue weighted by atomic mass is 16.7. The van der Waals surface area contributed by atoms with Crippen molar-refractivity contribution in [3.8, 4) is 17.2 Å². The Balaban J connectivity index is 1.27. The predicted octanol–water partition coefficient (Wildman–Crippen LogP) is 1.86. The molecule has 2 amide bonds. The summed E-state index contributed by atoms with van der Waals surface area (Å²) in [6, 6.07) is 12.9. The zero-order valence-electron chi connectivity index (χ0n) is 14.0. The molecular weight excluding hydrogens is 336 g/mol. The van der Waals surface area contributed by atoms with E-state index in [1.54, 1.807) is 12.1 Å². The summed E-state index contributed by atoms with van der Waals surface area (Å²) in [6.07, 6.45) is -0.194. The van der Waals surface area contributed by atoms with Crippen LogP contribution in [0.5, 0.6) is 17.2 Å². The highest BCUT2D eigenvalue weighted by Gasteiger charge is 2.29. The van der Waals surface area contributed by atoms with E-state index in [0.29, 0.717) is 24.4 Å². The highest BCUT2D eigenvalue weighted by molar-refractivity contribution is 5.99. The van der Waals surface area contributed by atoms with Gasteiger partial charge in [-0.1, -0.05) is 18.2 Å². The lowest BCUT2D eigenvalue weighted by molar-refractivity contribution is -0.130. The summed E-state index contributed by atoms with van der Waals surface area (Å²) < 4.78 is 16.2. The summed E-state index contributed by atoms with van der Waals surface area (Å²) in [5.74, 6) is 1.49. The van der Waals surface area contributed by atoms with Gasteiger partial charge in [-0.15, -0.1) is 0 Å². The van der Waals surface area contributed by atoms with E-state index < -0.39 is 6.10 Å². The number of hydrogen-bond donors (Lipinski definition) is 2. The summed E-state index contributed by atoms with van der Waals surface area (Å²) in [4.78, 5) is 24.2. The first-order valence-electron chi connectivity index (χ1n) is 8.41. The zero-order valence-corrected chi connectivity index (χ0v) is 14.0. The molecule has 2 N–H and O–H groups in total. The molecule has 2 aliphatic heterocycles. The molecule has 0 saturated heterocycles. The molecule has 26 heavy (non-hydrogen) atoms. The summed E-state index contributed by atoms with van der Waals surface area (Å²) in [7, 11) is 0. The minimum Gasteiger partial charge on any atom is -0.478 e. The van der Waals surface area contributed by atoms with Gasteiger partial charge in [0.25, 0.3) is 5.91 Å². The number of benzene rings is 2. The van der Waals surface area contributed by atoms with Gasteiger partial charge in [-0.25, -0.2) is 0 Å². The van der Waals surface area contributed by atoms with E-state index >= 15 is 0 Å². The van der Waals surface area contributed by atoms with Crippen LogP contribution in [0.2, 0.25) is 0 Å². The first-order chi connectivity index (χ1) is 12.7. The van der Waals surface area contributed by atoms with Gasteiger partial charge in [-0.3, -0.25) is 9.59 Å². The van der Waals surface area contributed by atoms with Crippen LogP contribution >= 0.6 is 0 Å². The normalized spacial score (nSPS) is 17.1. The molecule has 0 fully saturated rings. The molecule has 7 heteroatoms. The first-order valence-corrected chi connectivity index (χ1v) is 8.41. The van der Waals surface area contributed by atoms with E-state index in [1.165, 1.54) is 0 Å². The fourth-order valence-electron chi connectivity index (χ4n) is 2.91. The molecule has 2 aromatic rings. The van der Waals surface area contributed by atoms with Crippen molar-refractivity contribution in [3.05, 3.63) is 48.0 Å². The Bertz CT molecular complexity index is 852. The number of amides is 2. The third-order valence-electron chi connectivity index (χ3n) is 4.25. The average Bonchev–Trinajstić information content (AvgIpc) is 3.10. The lowest BCUT2D eigenvalue weighted by Crippen LogP contribution is -2.41. The van der Waals surface area contributed by atoms with Crippen LogP contribution in [0.25, 0.3) is 0 Å². The molecule has 7 nitrogen and oxygen atoms in total.